The minimum atomic E-state index is -0.0317. The van der Waals surface area contributed by atoms with Gasteiger partial charge in [-0.25, -0.2) is 0 Å². The predicted molar refractivity (Wildman–Crippen MR) is 64.6 cm³/mol. The van der Waals surface area contributed by atoms with E-state index in [9.17, 15) is 4.79 Å². The molecule has 0 rings (SSSR count). The summed E-state index contributed by atoms with van der Waals surface area (Å²) in [5, 5.41) is 2.85. The number of hydrogen-bond acceptors (Lipinski definition) is 1. The van der Waals surface area contributed by atoms with E-state index in [0.29, 0.717) is 5.57 Å². The zero-order valence-corrected chi connectivity index (χ0v) is 10.6. The molecule has 0 bridgehead atoms. The van der Waals surface area contributed by atoms with Crippen molar-refractivity contribution in [1.82, 2.24) is 5.32 Å². The summed E-state index contributed by atoms with van der Waals surface area (Å²) in [4.78, 5) is 11.2. The molecule has 3 heteroatoms. The van der Waals surface area contributed by atoms with Crippen LogP contribution < -0.4 is 5.32 Å². The van der Waals surface area contributed by atoms with E-state index in [0.717, 1.165) is 24.0 Å². The van der Waals surface area contributed by atoms with Gasteiger partial charge in [-0.2, -0.15) is 0 Å². The van der Waals surface area contributed by atoms with E-state index in [1.165, 1.54) is 13.0 Å². The van der Waals surface area contributed by atoms with E-state index in [1.54, 1.807) is 6.92 Å². The first-order valence-corrected chi connectivity index (χ1v) is 5.65. The Labute approximate surface area is 93.7 Å². The third-order valence-corrected chi connectivity index (χ3v) is 2.44. The number of carbonyl (C=O) groups is 1. The standard InChI is InChI=1S/C12H24N2O/c1-6-9-14(4,5)10-7-8-13-12(15)11(2)3/h2,6-10H2,1,3-5H3/p+1. The Morgan fingerprint density at radius 3 is 2.40 bits per heavy atom. The van der Waals surface area contributed by atoms with E-state index in [1.807, 2.05) is 0 Å². The number of hydrogen-bond donors (Lipinski definition) is 1. The van der Waals surface area contributed by atoms with Crippen LogP contribution in [0.3, 0.4) is 0 Å². The van der Waals surface area contributed by atoms with E-state index in [4.69, 9.17) is 0 Å². The molecule has 1 N–H and O–H groups in total. The molecule has 0 unspecified atom stereocenters. The maximum Gasteiger partial charge on any atom is 0.246 e. The lowest BCUT2D eigenvalue weighted by molar-refractivity contribution is -0.890. The summed E-state index contributed by atoms with van der Waals surface area (Å²) in [7, 11) is 4.45. The zero-order chi connectivity index (χ0) is 11.9. The molecule has 0 saturated carbocycles. The van der Waals surface area contributed by atoms with Crippen LogP contribution in [0.2, 0.25) is 0 Å². The van der Waals surface area contributed by atoms with Crippen LogP contribution in [0.5, 0.6) is 0 Å². The Bertz CT molecular complexity index is 222. The number of rotatable bonds is 7. The Balaban J connectivity index is 3.62. The van der Waals surface area contributed by atoms with Crippen molar-refractivity contribution in [2.24, 2.45) is 0 Å². The maximum absolute atomic E-state index is 11.2. The lowest BCUT2D eigenvalue weighted by Crippen LogP contribution is -2.42. The maximum atomic E-state index is 11.2. The molecule has 0 spiro atoms. The minimum Gasteiger partial charge on any atom is -0.352 e. The van der Waals surface area contributed by atoms with Gasteiger partial charge in [-0.3, -0.25) is 4.79 Å². The molecule has 0 aromatic rings. The first-order valence-electron chi connectivity index (χ1n) is 5.65. The topological polar surface area (TPSA) is 29.1 Å². The first kappa shape index (κ1) is 14.2. The molecular formula is C12H25N2O+. The molecule has 15 heavy (non-hydrogen) atoms. The molecule has 0 aromatic carbocycles. The molecule has 0 fully saturated rings. The average Bonchev–Trinajstić information content (AvgIpc) is 2.11. The van der Waals surface area contributed by atoms with Crippen LogP contribution in [0.4, 0.5) is 0 Å². The second kappa shape index (κ2) is 6.62. The van der Waals surface area contributed by atoms with Crippen LogP contribution in [0.15, 0.2) is 12.2 Å². The molecule has 0 heterocycles. The minimum absolute atomic E-state index is 0.0317. The third-order valence-electron chi connectivity index (χ3n) is 2.44. The fourth-order valence-corrected chi connectivity index (χ4v) is 1.58. The molecular weight excluding hydrogens is 188 g/mol. The summed E-state index contributed by atoms with van der Waals surface area (Å²) in [6.45, 7) is 10.6. The smallest absolute Gasteiger partial charge is 0.246 e. The van der Waals surface area contributed by atoms with Gasteiger partial charge in [-0.05, 0) is 13.3 Å². The van der Waals surface area contributed by atoms with Gasteiger partial charge in [0.25, 0.3) is 0 Å². The highest BCUT2D eigenvalue weighted by Gasteiger charge is 2.12. The van der Waals surface area contributed by atoms with Gasteiger partial charge in [0.2, 0.25) is 5.91 Å². The van der Waals surface area contributed by atoms with E-state index < -0.39 is 0 Å². The van der Waals surface area contributed by atoms with Gasteiger partial charge in [-0.1, -0.05) is 13.5 Å². The number of amides is 1. The Kier molecular flexibility index (Phi) is 6.25. The summed E-state index contributed by atoms with van der Waals surface area (Å²) in [5.41, 5.74) is 0.581. The average molecular weight is 213 g/mol. The van der Waals surface area contributed by atoms with Crippen molar-refractivity contribution in [2.75, 3.05) is 33.7 Å². The van der Waals surface area contributed by atoms with Crippen molar-refractivity contribution in [2.45, 2.75) is 26.7 Å². The van der Waals surface area contributed by atoms with Gasteiger partial charge in [0.1, 0.15) is 0 Å². The molecule has 0 aliphatic heterocycles. The molecule has 0 radical (unpaired) electrons. The lowest BCUT2D eigenvalue weighted by Gasteiger charge is -2.29. The Morgan fingerprint density at radius 2 is 1.93 bits per heavy atom. The predicted octanol–water partition coefficient (Wildman–Crippen LogP) is 1.56. The van der Waals surface area contributed by atoms with Crippen molar-refractivity contribution in [3.05, 3.63) is 12.2 Å². The molecule has 0 aromatic heterocycles. The summed E-state index contributed by atoms with van der Waals surface area (Å²) in [5.74, 6) is -0.0317. The van der Waals surface area contributed by atoms with Gasteiger partial charge >= 0.3 is 0 Å². The second-order valence-corrected chi connectivity index (χ2v) is 4.77. The van der Waals surface area contributed by atoms with Crippen LogP contribution in [0.1, 0.15) is 26.7 Å². The van der Waals surface area contributed by atoms with Gasteiger partial charge in [0, 0.05) is 18.5 Å². The van der Waals surface area contributed by atoms with Crippen LogP contribution in [-0.2, 0) is 4.79 Å². The molecule has 0 atom stereocenters. The molecule has 1 amide bonds. The quantitative estimate of drug-likeness (QED) is 0.388. The van der Waals surface area contributed by atoms with Crippen molar-refractivity contribution < 1.29 is 9.28 Å². The SMILES string of the molecule is C=C(C)C(=O)NCCC[N+](C)(C)CCC. The summed E-state index contributed by atoms with van der Waals surface area (Å²) in [6.07, 6.45) is 2.22. The summed E-state index contributed by atoms with van der Waals surface area (Å²) < 4.78 is 1.03. The van der Waals surface area contributed by atoms with E-state index in [-0.39, 0.29) is 5.91 Å². The highest BCUT2D eigenvalue weighted by molar-refractivity contribution is 5.91. The fourth-order valence-electron chi connectivity index (χ4n) is 1.58. The molecule has 3 nitrogen and oxygen atoms in total. The number of nitrogens with zero attached hydrogens (tertiary/aromatic N) is 1. The van der Waals surface area contributed by atoms with Crippen molar-refractivity contribution in [3.8, 4) is 0 Å². The van der Waals surface area contributed by atoms with Crippen molar-refractivity contribution in [1.29, 1.82) is 0 Å². The zero-order valence-electron chi connectivity index (χ0n) is 10.6. The molecule has 0 aliphatic carbocycles. The Hall–Kier alpha value is -0.830. The van der Waals surface area contributed by atoms with Crippen molar-refractivity contribution >= 4 is 5.91 Å². The van der Waals surface area contributed by atoms with Gasteiger partial charge in [-0.15, -0.1) is 0 Å². The van der Waals surface area contributed by atoms with Gasteiger partial charge < -0.3 is 9.80 Å². The third kappa shape index (κ3) is 7.14. The van der Waals surface area contributed by atoms with E-state index in [2.05, 4.69) is 32.9 Å². The molecule has 0 aliphatic rings. The Morgan fingerprint density at radius 1 is 1.33 bits per heavy atom. The van der Waals surface area contributed by atoms with Crippen LogP contribution in [0.25, 0.3) is 0 Å². The van der Waals surface area contributed by atoms with Crippen LogP contribution >= 0.6 is 0 Å². The highest BCUT2D eigenvalue weighted by Crippen LogP contribution is 2.00. The number of nitrogens with one attached hydrogen (secondary N) is 1. The van der Waals surface area contributed by atoms with Gasteiger partial charge in [0.15, 0.2) is 0 Å². The number of quaternary nitrogens is 1. The summed E-state index contributed by atoms with van der Waals surface area (Å²) in [6, 6.07) is 0. The largest absolute Gasteiger partial charge is 0.352 e. The van der Waals surface area contributed by atoms with E-state index >= 15 is 0 Å². The summed E-state index contributed by atoms with van der Waals surface area (Å²) >= 11 is 0. The monoisotopic (exact) mass is 213 g/mol. The van der Waals surface area contributed by atoms with Crippen LogP contribution in [-0.4, -0.2) is 44.1 Å². The first-order chi connectivity index (χ1) is 6.89. The number of carbonyl (C=O) groups excluding carboxylic acids is 1. The lowest BCUT2D eigenvalue weighted by atomic mass is 10.3. The normalized spacial score (nSPS) is 11.2. The van der Waals surface area contributed by atoms with Crippen molar-refractivity contribution in [3.63, 3.8) is 0 Å². The van der Waals surface area contributed by atoms with Gasteiger partial charge in [0.05, 0.1) is 27.2 Å². The highest BCUT2D eigenvalue weighted by atomic mass is 16.1. The molecule has 0 saturated heterocycles. The second-order valence-electron chi connectivity index (χ2n) is 4.77. The fraction of sp³-hybridized carbons (Fsp3) is 0.750. The van der Waals surface area contributed by atoms with Crippen LogP contribution in [0, 0.1) is 0 Å². The molecule has 88 valence electrons.